The average Bonchev–Trinajstić information content (AvgIpc) is 2.95. The SMILES string of the molecule is CC(=O)/C(N=O)=C(\O)c1c(-c2ccccc2)[nH]c2ccccc12. The van der Waals surface area contributed by atoms with Crippen LogP contribution in [-0.4, -0.2) is 15.9 Å². The van der Waals surface area contributed by atoms with E-state index in [0.29, 0.717) is 16.6 Å². The fraction of sp³-hybridized carbons (Fsp3) is 0.0556. The Labute approximate surface area is 132 Å². The zero-order chi connectivity index (χ0) is 16.4. The molecule has 0 saturated heterocycles. The second-order valence-corrected chi connectivity index (χ2v) is 5.13. The van der Waals surface area contributed by atoms with Gasteiger partial charge in [0.05, 0.1) is 11.3 Å². The number of nitrogens with one attached hydrogen (secondary N) is 1. The van der Waals surface area contributed by atoms with Gasteiger partial charge in [-0.2, -0.15) is 0 Å². The molecular weight excluding hydrogens is 292 g/mol. The second kappa shape index (κ2) is 5.88. The molecule has 0 fully saturated rings. The lowest BCUT2D eigenvalue weighted by Crippen LogP contribution is -1.99. The third kappa shape index (κ3) is 2.53. The van der Waals surface area contributed by atoms with Crippen molar-refractivity contribution < 1.29 is 9.90 Å². The number of Topliss-reactive ketones (excluding diaryl/α,β-unsaturated/α-hetero) is 1. The fourth-order valence-corrected chi connectivity index (χ4v) is 2.60. The minimum Gasteiger partial charge on any atom is -0.505 e. The van der Waals surface area contributed by atoms with Gasteiger partial charge in [0, 0.05) is 17.8 Å². The van der Waals surface area contributed by atoms with E-state index in [2.05, 4.69) is 10.2 Å². The first-order chi connectivity index (χ1) is 11.1. The molecule has 2 N–H and O–H groups in total. The molecule has 114 valence electrons. The quantitative estimate of drug-likeness (QED) is 0.425. The molecule has 0 amide bonds. The number of hydrogen-bond acceptors (Lipinski definition) is 4. The highest BCUT2D eigenvalue weighted by molar-refractivity contribution is 6.06. The zero-order valence-corrected chi connectivity index (χ0v) is 12.4. The highest BCUT2D eigenvalue weighted by Gasteiger charge is 2.21. The number of aliphatic hydroxyl groups excluding tert-OH is 1. The number of carbonyl (C=O) groups excluding carboxylic acids is 1. The Morgan fingerprint density at radius 2 is 1.70 bits per heavy atom. The topological polar surface area (TPSA) is 82.5 Å². The molecule has 5 heteroatoms. The van der Waals surface area contributed by atoms with Gasteiger partial charge < -0.3 is 10.1 Å². The largest absolute Gasteiger partial charge is 0.505 e. The van der Waals surface area contributed by atoms with Crippen LogP contribution >= 0.6 is 0 Å². The van der Waals surface area contributed by atoms with Crippen LogP contribution < -0.4 is 0 Å². The Hall–Kier alpha value is -3.21. The summed E-state index contributed by atoms with van der Waals surface area (Å²) >= 11 is 0. The third-order valence-electron chi connectivity index (χ3n) is 3.65. The maximum absolute atomic E-state index is 11.6. The molecule has 2 aromatic carbocycles. The number of fused-ring (bicyclic) bond motifs is 1. The van der Waals surface area contributed by atoms with Crippen molar-refractivity contribution in [3.05, 3.63) is 70.8 Å². The molecule has 3 aromatic rings. The lowest BCUT2D eigenvalue weighted by molar-refractivity contribution is -0.113. The molecule has 0 aliphatic rings. The Morgan fingerprint density at radius 3 is 2.35 bits per heavy atom. The molecule has 0 bridgehead atoms. The number of benzene rings is 2. The third-order valence-corrected chi connectivity index (χ3v) is 3.65. The van der Waals surface area contributed by atoms with E-state index >= 15 is 0 Å². The van der Waals surface area contributed by atoms with Gasteiger partial charge in [-0.25, -0.2) is 0 Å². The van der Waals surface area contributed by atoms with Crippen molar-refractivity contribution in [3.63, 3.8) is 0 Å². The molecule has 23 heavy (non-hydrogen) atoms. The first-order valence-electron chi connectivity index (χ1n) is 7.07. The van der Waals surface area contributed by atoms with Crippen LogP contribution in [0.5, 0.6) is 0 Å². The number of carbonyl (C=O) groups is 1. The van der Waals surface area contributed by atoms with Gasteiger partial charge in [0.2, 0.25) is 0 Å². The molecule has 5 nitrogen and oxygen atoms in total. The van der Waals surface area contributed by atoms with Crippen molar-refractivity contribution in [1.82, 2.24) is 4.98 Å². The van der Waals surface area contributed by atoms with Crippen molar-refractivity contribution >= 4 is 22.4 Å². The molecule has 0 aliphatic heterocycles. The Balaban J connectivity index is 2.39. The average molecular weight is 306 g/mol. The highest BCUT2D eigenvalue weighted by atomic mass is 16.3. The van der Waals surface area contributed by atoms with Gasteiger partial charge in [-0.3, -0.25) is 4.79 Å². The van der Waals surface area contributed by atoms with E-state index < -0.39 is 17.2 Å². The van der Waals surface area contributed by atoms with Gasteiger partial charge >= 0.3 is 0 Å². The predicted octanol–water partition coefficient (Wildman–Crippen LogP) is 4.42. The molecule has 0 radical (unpaired) electrons. The Bertz CT molecular complexity index is 924. The van der Waals surface area contributed by atoms with E-state index in [0.717, 1.165) is 11.1 Å². The number of hydrogen-bond donors (Lipinski definition) is 2. The fourth-order valence-electron chi connectivity index (χ4n) is 2.60. The summed E-state index contributed by atoms with van der Waals surface area (Å²) in [5, 5.41) is 13.9. The maximum atomic E-state index is 11.6. The van der Waals surface area contributed by atoms with E-state index in [1.807, 2.05) is 54.6 Å². The summed E-state index contributed by atoms with van der Waals surface area (Å²) in [4.78, 5) is 25.8. The van der Waals surface area contributed by atoms with Crippen LogP contribution in [-0.2, 0) is 4.79 Å². The molecule has 0 unspecified atom stereocenters. The van der Waals surface area contributed by atoms with E-state index in [4.69, 9.17) is 0 Å². The van der Waals surface area contributed by atoms with Crippen LogP contribution in [0.2, 0.25) is 0 Å². The van der Waals surface area contributed by atoms with E-state index in [1.54, 1.807) is 0 Å². The van der Waals surface area contributed by atoms with Crippen molar-refractivity contribution in [3.8, 4) is 11.3 Å². The predicted molar refractivity (Wildman–Crippen MR) is 89.8 cm³/mol. The van der Waals surface area contributed by atoms with Crippen LogP contribution in [0.15, 0.2) is 65.5 Å². The number of aromatic amines is 1. The second-order valence-electron chi connectivity index (χ2n) is 5.13. The number of nitrogens with zero attached hydrogens (tertiary/aromatic N) is 1. The molecule has 0 spiro atoms. The number of para-hydroxylation sites is 1. The zero-order valence-electron chi connectivity index (χ0n) is 12.4. The monoisotopic (exact) mass is 306 g/mol. The van der Waals surface area contributed by atoms with E-state index in [-0.39, 0.29) is 0 Å². The van der Waals surface area contributed by atoms with Gasteiger partial charge in [0.25, 0.3) is 0 Å². The number of H-pyrrole nitrogens is 1. The van der Waals surface area contributed by atoms with Crippen LogP contribution in [0.25, 0.3) is 27.9 Å². The first-order valence-corrected chi connectivity index (χ1v) is 7.07. The van der Waals surface area contributed by atoms with Crippen molar-refractivity contribution in [2.75, 3.05) is 0 Å². The standard InChI is InChI=1S/C18H14N2O3/c1-11(21)16(20-23)18(22)15-13-9-5-6-10-14(13)19-17(15)12-7-3-2-4-8-12/h2-10,19,22H,1H3/b18-16+. The smallest absolute Gasteiger partial charge is 0.192 e. The first kappa shape index (κ1) is 14.7. The minimum absolute atomic E-state index is 0.400. The Kier molecular flexibility index (Phi) is 3.76. The van der Waals surface area contributed by atoms with Crippen LogP contribution in [0.1, 0.15) is 12.5 Å². The normalized spacial score (nSPS) is 12.0. The minimum atomic E-state index is -0.582. The van der Waals surface area contributed by atoms with Crippen LogP contribution in [0.4, 0.5) is 0 Å². The highest BCUT2D eigenvalue weighted by Crippen LogP contribution is 2.35. The molecular formula is C18H14N2O3. The molecule has 0 saturated carbocycles. The van der Waals surface area contributed by atoms with E-state index in [1.165, 1.54) is 6.92 Å². The molecule has 1 heterocycles. The molecule has 0 aliphatic carbocycles. The van der Waals surface area contributed by atoms with Crippen molar-refractivity contribution in [1.29, 1.82) is 0 Å². The summed E-state index contributed by atoms with van der Waals surface area (Å²) in [6.45, 7) is 1.20. The van der Waals surface area contributed by atoms with Gasteiger partial charge in [-0.1, -0.05) is 48.5 Å². The summed E-state index contributed by atoms with van der Waals surface area (Å²) in [5.41, 5.74) is 2.18. The molecule has 1 aromatic heterocycles. The number of aromatic nitrogens is 1. The summed E-state index contributed by atoms with van der Waals surface area (Å²) < 4.78 is 0. The number of ketones is 1. The summed E-state index contributed by atoms with van der Waals surface area (Å²) in [5.74, 6) is -0.995. The van der Waals surface area contributed by atoms with Crippen molar-refractivity contribution in [2.24, 2.45) is 5.18 Å². The summed E-state index contributed by atoms with van der Waals surface area (Å²) in [6, 6.07) is 16.7. The number of allylic oxidation sites excluding steroid dienone is 1. The van der Waals surface area contributed by atoms with Gasteiger partial charge in [0.1, 0.15) is 0 Å². The lowest BCUT2D eigenvalue weighted by Gasteiger charge is -2.06. The number of aliphatic hydroxyl groups is 1. The van der Waals surface area contributed by atoms with Crippen LogP contribution in [0.3, 0.4) is 0 Å². The van der Waals surface area contributed by atoms with Gasteiger partial charge in [-0.05, 0) is 16.8 Å². The van der Waals surface area contributed by atoms with Gasteiger partial charge in [-0.15, -0.1) is 4.91 Å². The summed E-state index contributed by atoms with van der Waals surface area (Å²) in [7, 11) is 0. The molecule has 3 rings (SSSR count). The van der Waals surface area contributed by atoms with E-state index in [9.17, 15) is 14.8 Å². The summed E-state index contributed by atoms with van der Waals surface area (Å²) in [6.07, 6.45) is 0. The molecule has 0 atom stereocenters. The Morgan fingerprint density at radius 1 is 1.04 bits per heavy atom. The van der Waals surface area contributed by atoms with Crippen molar-refractivity contribution in [2.45, 2.75) is 6.92 Å². The van der Waals surface area contributed by atoms with Gasteiger partial charge in [0.15, 0.2) is 17.2 Å². The lowest BCUT2D eigenvalue weighted by atomic mass is 10.0. The maximum Gasteiger partial charge on any atom is 0.192 e. The van der Waals surface area contributed by atoms with Crippen LogP contribution in [0, 0.1) is 4.91 Å². The number of nitroso groups, excluding NO2 is 1. The number of rotatable bonds is 4.